The third-order valence-corrected chi connectivity index (χ3v) is 2.44. The summed E-state index contributed by atoms with van der Waals surface area (Å²) >= 11 is 11.8. The van der Waals surface area contributed by atoms with E-state index in [1.165, 1.54) is 0 Å². The molecule has 1 aromatic rings. The van der Waals surface area contributed by atoms with Gasteiger partial charge in [0.1, 0.15) is 6.04 Å². The monoisotopic (exact) mass is 240 g/mol. The summed E-state index contributed by atoms with van der Waals surface area (Å²) in [5, 5.41) is 13.0. The van der Waals surface area contributed by atoms with E-state index in [9.17, 15) is 0 Å². The molecule has 78 valence electrons. The van der Waals surface area contributed by atoms with E-state index in [0.29, 0.717) is 22.2 Å². The molecule has 0 aliphatic heterocycles. The van der Waals surface area contributed by atoms with Gasteiger partial charge in [-0.2, -0.15) is 5.26 Å². The molecule has 15 heavy (non-hydrogen) atoms. The Morgan fingerprint density at radius 3 is 2.87 bits per heavy atom. The Morgan fingerprint density at radius 2 is 2.27 bits per heavy atom. The molecule has 1 unspecified atom stereocenters. The molecule has 0 aliphatic rings. The highest BCUT2D eigenvalue weighted by atomic mass is 35.5. The van der Waals surface area contributed by atoms with E-state index in [2.05, 4.69) is 18.0 Å². The summed E-state index contributed by atoms with van der Waals surface area (Å²) < 4.78 is 0. The lowest BCUT2D eigenvalue weighted by molar-refractivity contribution is 0.684. The number of rotatable bonds is 4. The van der Waals surface area contributed by atoms with Crippen molar-refractivity contribution in [1.29, 1.82) is 5.26 Å². The fourth-order valence-electron chi connectivity index (χ4n) is 1.16. The maximum Gasteiger partial charge on any atom is 0.123 e. The zero-order valence-corrected chi connectivity index (χ0v) is 9.52. The van der Waals surface area contributed by atoms with Gasteiger partial charge in [0.15, 0.2) is 0 Å². The third-order valence-electron chi connectivity index (χ3n) is 1.86. The largest absolute Gasteiger partial charge is 0.295 e. The lowest BCUT2D eigenvalue weighted by Crippen LogP contribution is -2.20. The van der Waals surface area contributed by atoms with Crippen LogP contribution in [0, 0.1) is 11.3 Å². The maximum atomic E-state index is 8.97. The first kappa shape index (κ1) is 12.1. The normalized spacial score (nSPS) is 11.8. The van der Waals surface area contributed by atoms with Crippen molar-refractivity contribution in [2.45, 2.75) is 6.04 Å². The van der Waals surface area contributed by atoms with Crippen molar-refractivity contribution < 1.29 is 0 Å². The van der Waals surface area contributed by atoms with Gasteiger partial charge in [-0.15, -0.1) is 6.58 Å². The van der Waals surface area contributed by atoms with Crippen molar-refractivity contribution in [1.82, 2.24) is 5.32 Å². The minimum atomic E-state index is -0.464. The smallest absolute Gasteiger partial charge is 0.123 e. The Hall–Kier alpha value is -1.01. The van der Waals surface area contributed by atoms with Gasteiger partial charge in [-0.3, -0.25) is 5.32 Å². The van der Waals surface area contributed by atoms with Crippen molar-refractivity contribution in [3.8, 4) is 6.07 Å². The quantitative estimate of drug-likeness (QED) is 0.820. The van der Waals surface area contributed by atoms with Crippen molar-refractivity contribution >= 4 is 23.2 Å². The number of nitriles is 1. The van der Waals surface area contributed by atoms with Gasteiger partial charge in [0, 0.05) is 22.2 Å². The van der Waals surface area contributed by atoms with Crippen molar-refractivity contribution in [2.24, 2.45) is 0 Å². The molecule has 0 saturated heterocycles. The average molecular weight is 241 g/mol. The lowest BCUT2D eigenvalue weighted by Gasteiger charge is -2.12. The molecule has 4 heteroatoms. The number of benzene rings is 1. The molecule has 1 rings (SSSR count). The first-order chi connectivity index (χ1) is 7.19. The van der Waals surface area contributed by atoms with Gasteiger partial charge in [0.2, 0.25) is 0 Å². The molecule has 0 radical (unpaired) electrons. The standard InChI is InChI=1S/C11H10Cl2N2/c1-2-5-15-11(7-14)9-6-8(12)3-4-10(9)13/h2-4,6,11,15H,1,5H2. The van der Waals surface area contributed by atoms with Gasteiger partial charge in [0.05, 0.1) is 6.07 Å². The predicted molar refractivity (Wildman–Crippen MR) is 63.0 cm³/mol. The Morgan fingerprint density at radius 1 is 1.53 bits per heavy atom. The molecule has 0 fully saturated rings. The maximum absolute atomic E-state index is 8.97. The van der Waals surface area contributed by atoms with Crippen molar-refractivity contribution in [2.75, 3.05) is 6.54 Å². The summed E-state index contributed by atoms with van der Waals surface area (Å²) in [5.41, 5.74) is 0.688. The van der Waals surface area contributed by atoms with Gasteiger partial charge >= 0.3 is 0 Å². The molecule has 2 nitrogen and oxygen atoms in total. The SMILES string of the molecule is C=CCNC(C#N)c1cc(Cl)ccc1Cl. The minimum absolute atomic E-state index is 0.464. The van der Waals surface area contributed by atoms with E-state index >= 15 is 0 Å². The Labute approximate surface area is 99.1 Å². The summed E-state index contributed by atoms with van der Waals surface area (Å²) in [4.78, 5) is 0. The highest BCUT2D eigenvalue weighted by molar-refractivity contribution is 6.33. The van der Waals surface area contributed by atoms with Gasteiger partial charge in [-0.25, -0.2) is 0 Å². The van der Waals surface area contributed by atoms with Crippen LogP contribution in [-0.2, 0) is 0 Å². The van der Waals surface area contributed by atoms with Gasteiger partial charge in [-0.05, 0) is 18.2 Å². The fraction of sp³-hybridized carbons (Fsp3) is 0.182. The Kier molecular flexibility index (Phi) is 4.64. The number of hydrogen-bond acceptors (Lipinski definition) is 2. The highest BCUT2D eigenvalue weighted by Crippen LogP contribution is 2.25. The van der Waals surface area contributed by atoms with E-state index < -0.39 is 6.04 Å². The molecule has 0 saturated carbocycles. The summed E-state index contributed by atoms with van der Waals surface area (Å²) in [7, 11) is 0. The van der Waals surface area contributed by atoms with Crippen LogP contribution in [0.1, 0.15) is 11.6 Å². The summed E-state index contributed by atoms with van der Waals surface area (Å²) in [6, 6.07) is 6.71. The molecule has 0 aromatic heterocycles. The lowest BCUT2D eigenvalue weighted by atomic mass is 10.1. The second kappa shape index (κ2) is 5.77. The summed E-state index contributed by atoms with van der Waals surface area (Å²) in [6.45, 7) is 4.11. The molecule has 1 aromatic carbocycles. The van der Waals surface area contributed by atoms with Crippen LogP contribution in [0.15, 0.2) is 30.9 Å². The second-order valence-corrected chi connectivity index (χ2v) is 3.77. The van der Waals surface area contributed by atoms with Crippen LogP contribution >= 0.6 is 23.2 Å². The predicted octanol–water partition coefficient (Wildman–Crippen LogP) is 3.33. The summed E-state index contributed by atoms with van der Waals surface area (Å²) in [5.74, 6) is 0. The van der Waals surface area contributed by atoms with Gasteiger partial charge < -0.3 is 0 Å². The molecular weight excluding hydrogens is 231 g/mol. The molecule has 1 N–H and O–H groups in total. The molecule has 0 aliphatic carbocycles. The number of halogens is 2. The van der Waals surface area contributed by atoms with Crippen molar-refractivity contribution in [3.63, 3.8) is 0 Å². The van der Waals surface area contributed by atoms with Crippen LogP contribution in [0.2, 0.25) is 10.0 Å². The molecule has 1 atom stereocenters. The average Bonchev–Trinajstić information content (AvgIpc) is 2.24. The highest BCUT2D eigenvalue weighted by Gasteiger charge is 2.13. The number of nitrogens with zero attached hydrogens (tertiary/aromatic N) is 1. The zero-order chi connectivity index (χ0) is 11.3. The van der Waals surface area contributed by atoms with Crippen LogP contribution in [-0.4, -0.2) is 6.54 Å². The van der Waals surface area contributed by atoms with E-state index in [4.69, 9.17) is 28.5 Å². The fourth-order valence-corrected chi connectivity index (χ4v) is 1.57. The topological polar surface area (TPSA) is 35.8 Å². The second-order valence-electron chi connectivity index (χ2n) is 2.92. The molecule has 0 amide bonds. The van der Waals surface area contributed by atoms with Crippen LogP contribution in [0.3, 0.4) is 0 Å². The molecule has 0 bridgehead atoms. The minimum Gasteiger partial charge on any atom is -0.295 e. The van der Waals surface area contributed by atoms with E-state index in [1.54, 1.807) is 24.3 Å². The zero-order valence-electron chi connectivity index (χ0n) is 8.00. The van der Waals surface area contributed by atoms with E-state index in [1.807, 2.05) is 0 Å². The first-order valence-corrected chi connectivity index (χ1v) is 5.13. The molecule has 0 spiro atoms. The van der Waals surface area contributed by atoms with E-state index in [0.717, 1.165) is 0 Å². The van der Waals surface area contributed by atoms with Crippen LogP contribution in [0.5, 0.6) is 0 Å². The van der Waals surface area contributed by atoms with Crippen LogP contribution in [0.4, 0.5) is 0 Å². The number of nitrogens with one attached hydrogen (secondary N) is 1. The van der Waals surface area contributed by atoms with Gasteiger partial charge in [-0.1, -0.05) is 29.3 Å². The first-order valence-electron chi connectivity index (χ1n) is 4.38. The molecular formula is C11H10Cl2N2. The van der Waals surface area contributed by atoms with E-state index in [-0.39, 0.29) is 0 Å². The number of hydrogen-bond donors (Lipinski definition) is 1. The van der Waals surface area contributed by atoms with Crippen LogP contribution < -0.4 is 5.32 Å². The Bertz CT molecular complexity index is 396. The summed E-state index contributed by atoms with van der Waals surface area (Å²) in [6.07, 6.45) is 1.68. The molecule has 0 heterocycles. The third kappa shape index (κ3) is 3.24. The van der Waals surface area contributed by atoms with Gasteiger partial charge in [0.25, 0.3) is 0 Å². The van der Waals surface area contributed by atoms with Crippen LogP contribution in [0.25, 0.3) is 0 Å². The Balaban J connectivity index is 2.96. The van der Waals surface area contributed by atoms with Crippen molar-refractivity contribution in [3.05, 3.63) is 46.5 Å².